The molecule has 0 saturated carbocycles. The Kier molecular flexibility index (Phi) is 8.38. The van der Waals surface area contributed by atoms with E-state index >= 15 is 0 Å². The lowest BCUT2D eigenvalue weighted by atomic mass is 10.1. The molecule has 28 heavy (non-hydrogen) atoms. The fraction of sp³-hybridized carbons (Fsp3) is 0.600. The van der Waals surface area contributed by atoms with E-state index in [1.807, 2.05) is 25.1 Å². The normalized spacial score (nSPS) is 15.3. The third kappa shape index (κ3) is 6.02. The Morgan fingerprint density at radius 3 is 2.46 bits per heavy atom. The molecule has 1 fully saturated rings. The van der Waals surface area contributed by atoms with Crippen LogP contribution in [-0.2, 0) is 11.3 Å². The van der Waals surface area contributed by atoms with E-state index in [0.717, 1.165) is 62.3 Å². The highest BCUT2D eigenvalue weighted by Gasteiger charge is 2.21. The molecule has 156 valence electrons. The first-order valence-electron chi connectivity index (χ1n) is 9.65. The summed E-state index contributed by atoms with van der Waals surface area (Å²) in [5.74, 6) is 2.51. The van der Waals surface area contributed by atoms with Gasteiger partial charge in [-0.1, -0.05) is 0 Å². The molecule has 0 bridgehead atoms. The number of nitrogens with one attached hydrogen (secondary N) is 1. The van der Waals surface area contributed by atoms with Crippen molar-refractivity contribution in [3.8, 4) is 11.5 Å². The largest absolute Gasteiger partial charge is 0.497 e. The Balaban J connectivity index is 1.97. The standard InChI is InChI=1S/C20H33N5O3/c1-6-21-20(22-14-19(26)23(2)3)25-11-9-24(10-12-25)15-16-13-17(27-4)7-8-18(16)28-5/h7-8,13H,6,9-12,14-15H2,1-5H3,(H,21,22). The Morgan fingerprint density at radius 2 is 1.89 bits per heavy atom. The van der Waals surface area contributed by atoms with Crippen molar-refractivity contribution < 1.29 is 14.3 Å². The zero-order valence-electron chi connectivity index (χ0n) is 17.7. The summed E-state index contributed by atoms with van der Waals surface area (Å²) >= 11 is 0. The van der Waals surface area contributed by atoms with Crippen LogP contribution in [0, 0.1) is 0 Å². The van der Waals surface area contributed by atoms with Crippen LogP contribution in [0.4, 0.5) is 0 Å². The summed E-state index contributed by atoms with van der Waals surface area (Å²) in [6.45, 7) is 7.31. The van der Waals surface area contributed by atoms with Gasteiger partial charge >= 0.3 is 0 Å². The number of ether oxygens (including phenoxy) is 2. The first-order valence-corrected chi connectivity index (χ1v) is 9.65. The van der Waals surface area contributed by atoms with Gasteiger partial charge in [-0.25, -0.2) is 4.99 Å². The highest BCUT2D eigenvalue weighted by Crippen LogP contribution is 2.25. The number of hydrogen-bond acceptors (Lipinski definition) is 5. The van der Waals surface area contributed by atoms with Crippen molar-refractivity contribution in [2.45, 2.75) is 13.5 Å². The Labute approximate surface area is 168 Å². The summed E-state index contributed by atoms with van der Waals surface area (Å²) < 4.78 is 10.8. The number of nitrogens with zero attached hydrogens (tertiary/aromatic N) is 4. The molecular weight excluding hydrogens is 358 g/mol. The summed E-state index contributed by atoms with van der Waals surface area (Å²) in [6, 6.07) is 5.89. The van der Waals surface area contributed by atoms with Crippen LogP contribution < -0.4 is 14.8 Å². The lowest BCUT2D eigenvalue weighted by molar-refractivity contribution is -0.127. The third-order valence-corrected chi connectivity index (χ3v) is 4.75. The molecule has 0 unspecified atom stereocenters. The Morgan fingerprint density at radius 1 is 1.18 bits per heavy atom. The van der Waals surface area contributed by atoms with Crippen molar-refractivity contribution in [3.05, 3.63) is 23.8 Å². The van der Waals surface area contributed by atoms with Crippen molar-refractivity contribution >= 4 is 11.9 Å². The number of aliphatic imine (C=N–C) groups is 1. The molecule has 0 aliphatic carbocycles. The SMILES string of the molecule is CCNC(=NCC(=O)N(C)C)N1CCN(Cc2cc(OC)ccc2OC)CC1. The van der Waals surface area contributed by atoms with E-state index < -0.39 is 0 Å². The zero-order chi connectivity index (χ0) is 20.5. The van der Waals surface area contributed by atoms with E-state index in [-0.39, 0.29) is 12.5 Å². The molecule has 1 aliphatic rings. The molecule has 8 nitrogen and oxygen atoms in total. The highest BCUT2D eigenvalue weighted by molar-refractivity contribution is 5.84. The first-order chi connectivity index (χ1) is 13.5. The predicted octanol–water partition coefficient (Wildman–Crippen LogP) is 0.875. The van der Waals surface area contributed by atoms with Crippen molar-refractivity contribution in [1.29, 1.82) is 0 Å². The van der Waals surface area contributed by atoms with Crippen molar-refractivity contribution in [2.75, 3.05) is 67.6 Å². The van der Waals surface area contributed by atoms with Crippen LogP contribution in [0.1, 0.15) is 12.5 Å². The van der Waals surface area contributed by atoms with Gasteiger partial charge in [0.05, 0.1) is 14.2 Å². The third-order valence-electron chi connectivity index (χ3n) is 4.75. The van der Waals surface area contributed by atoms with Gasteiger partial charge < -0.3 is 24.6 Å². The van der Waals surface area contributed by atoms with Crippen LogP contribution in [0.15, 0.2) is 23.2 Å². The fourth-order valence-corrected chi connectivity index (χ4v) is 3.07. The number of benzene rings is 1. The van der Waals surface area contributed by atoms with Gasteiger partial charge in [0.2, 0.25) is 5.91 Å². The number of likely N-dealkylation sites (N-methyl/N-ethyl adjacent to an activating group) is 1. The van der Waals surface area contributed by atoms with Crippen molar-refractivity contribution in [2.24, 2.45) is 4.99 Å². The van der Waals surface area contributed by atoms with E-state index in [0.29, 0.717) is 0 Å². The van der Waals surface area contributed by atoms with Gasteiger partial charge in [-0.3, -0.25) is 9.69 Å². The van der Waals surface area contributed by atoms with Crippen LogP contribution in [0.5, 0.6) is 11.5 Å². The van der Waals surface area contributed by atoms with Crippen LogP contribution in [0.2, 0.25) is 0 Å². The summed E-state index contributed by atoms with van der Waals surface area (Å²) in [4.78, 5) is 22.5. The molecule has 0 atom stereocenters. The minimum atomic E-state index is -0.000779. The first kappa shape index (κ1) is 21.8. The number of hydrogen-bond donors (Lipinski definition) is 1. The van der Waals surface area contributed by atoms with E-state index in [4.69, 9.17) is 9.47 Å². The molecule has 1 N–H and O–H groups in total. The maximum absolute atomic E-state index is 11.8. The van der Waals surface area contributed by atoms with E-state index in [1.54, 1.807) is 33.2 Å². The van der Waals surface area contributed by atoms with Crippen LogP contribution in [0.3, 0.4) is 0 Å². The van der Waals surface area contributed by atoms with E-state index in [9.17, 15) is 4.79 Å². The number of amides is 1. The molecule has 2 rings (SSSR count). The Hall–Kier alpha value is -2.48. The Bertz CT molecular complexity index is 670. The second-order valence-electron chi connectivity index (χ2n) is 6.90. The molecular formula is C20H33N5O3. The molecule has 0 spiro atoms. The monoisotopic (exact) mass is 391 g/mol. The average molecular weight is 392 g/mol. The van der Waals surface area contributed by atoms with Gasteiger partial charge in [0.1, 0.15) is 18.0 Å². The van der Waals surface area contributed by atoms with E-state index in [2.05, 4.69) is 20.1 Å². The molecule has 1 saturated heterocycles. The quantitative estimate of drug-likeness (QED) is 0.550. The van der Waals surface area contributed by atoms with Crippen molar-refractivity contribution in [3.63, 3.8) is 0 Å². The van der Waals surface area contributed by atoms with Gasteiger partial charge in [-0.2, -0.15) is 0 Å². The number of guanidine groups is 1. The summed E-state index contributed by atoms with van der Waals surface area (Å²) in [5, 5.41) is 3.29. The highest BCUT2D eigenvalue weighted by atomic mass is 16.5. The average Bonchev–Trinajstić information content (AvgIpc) is 2.71. The van der Waals surface area contributed by atoms with Crippen LogP contribution >= 0.6 is 0 Å². The van der Waals surface area contributed by atoms with E-state index in [1.165, 1.54) is 0 Å². The minimum absolute atomic E-state index is 0.000779. The number of piperazine rings is 1. The number of methoxy groups -OCH3 is 2. The number of carbonyl (C=O) groups is 1. The fourth-order valence-electron chi connectivity index (χ4n) is 3.07. The van der Waals surface area contributed by atoms with Gasteiger partial charge in [0.25, 0.3) is 0 Å². The molecule has 1 aliphatic heterocycles. The smallest absolute Gasteiger partial charge is 0.243 e. The maximum atomic E-state index is 11.8. The zero-order valence-corrected chi connectivity index (χ0v) is 17.7. The van der Waals surface area contributed by atoms with Gasteiger partial charge in [0, 0.05) is 58.9 Å². The van der Waals surface area contributed by atoms with Gasteiger partial charge in [-0.15, -0.1) is 0 Å². The molecule has 1 aromatic rings. The minimum Gasteiger partial charge on any atom is -0.497 e. The molecule has 0 aromatic heterocycles. The molecule has 1 heterocycles. The molecule has 0 radical (unpaired) electrons. The van der Waals surface area contributed by atoms with Crippen LogP contribution in [0.25, 0.3) is 0 Å². The topological polar surface area (TPSA) is 69.6 Å². The predicted molar refractivity (Wildman–Crippen MR) is 111 cm³/mol. The number of carbonyl (C=O) groups excluding carboxylic acids is 1. The second kappa shape index (κ2) is 10.8. The maximum Gasteiger partial charge on any atom is 0.243 e. The summed E-state index contributed by atoms with van der Waals surface area (Å²) in [6.07, 6.45) is 0. The van der Waals surface area contributed by atoms with Crippen molar-refractivity contribution in [1.82, 2.24) is 20.0 Å². The lowest BCUT2D eigenvalue weighted by Gasteiger charge is -2.36. The molecule has 8 heteroatoms. The molecule has 1 amide bonds. The summed E-state index contributed by atoms with van der Waals surface area (Å²) in [7, 11) is 6.86. The van der Waals surface area contributed by atoms with Crippen LogP contribution in [-0.4, -0.2) is 94.1 Å². The lowest BCUT2D eigenvalue weighted by Crippen LogP contribution is -2.52. The molecule has 1 aromatic carbocycles. The number of rotatable bonds is 7. The van der Waals surface area contributed by atoms with Gasteiger partial charge in [-0.05, 0) is 25.1 Å². The second-order valence-corrected chi connectivity index (χ2v) is 6.90. The van der Waals surface area contributed by atoms with Gasteiger partial charge in [0.15, 0.2) is 5.96 Å². The summed E-state index contributed by atoms with van der Waals surface area (Å²) in [5.41, 5.74) is 1.12.